The highest BCUT2D eigenvalue weighted by Crippen LogP contribution is 2.44. The molecule has 0 bridgehead atoms. The molecule has 1 fully saturated rings. The van der Waals surface area contributed by atoms with E-state index in [2.05, 4.69) is 54.6 Å². The third-order valence-corrected chi connectivity index (χ3v) is 10.2. The van der Waals surface area contributed by atoms with Crippen LogP contribution in [0.3, 0.4) is 0 Å². The lowest BCUT2D eigenvalue weighted by Crippen LogP contribution is -2.42. The molecule has 1 aliphatic rings. The summed E-state index contributed by atoms with van der Waals surface area (Å²) in [6.45, 7) is 18.6. The molecule has 1 rings (SSSR count). The molecule has 0 aliphatic heterocycles. The number of ketones is 1. The SMILES string of the molecule is CC(C)[C@H]1CC[C@](C)(CCO[Si](C)(C)C(C)(C)C)C1=O. The molecular weight excluding hydrogens is 264 g/mol. The fourth-order valence-electron chi connectivity index (χ4n) is 2.81. The largest absolute Gasteiger partial charge is 0.417 e. The first kappa shape index (κ1) is 17.9. The minimum atomic E-state index is -1.68. The predicted octanol–water partition coefficient (Wildman–Crippen LogP) is 5.04. The molecule has 1 aliphatic carbocycles. The van der Waals surface area contributed by atoms with Crippen molar-refractivity contribution in [3.05, 3.63) is 0 Å². The van der Waals surface area contributed by atoms with Crippen LogP contribution in [0.4, 0.5) is 0 Å². The predicted molar refractivity (Wildman–Crippen MR) is 88.4 cm³/mol. The molecule has 0 aromatic heterocycles. The van der Waals surface area contributed by atoms with Crippen LogP contribution in [0, 0.1) is 17.3 Å². The van der Waals surface area contributed by atoms with E-state index in [0.29, 0.717) is 11.7 Å². The molecular formula is C17H34O2Si. The van der Waals surface area contributed by atoms with E-state index in [1.165, 1.54) is 0 Å². The van der Waals surface area contributed by atoms with E-state index >= 15 is 0 Å². The summed E-state index contributed by atoms with van der Waals surface area (Å²) < 4.78 is 6.25. The molecule has 20 heavy (non-hydrogen) atoms. The molecule has 0 unspecified atom stereocenters. The second kappa shape index (κ2) is 5.92. The molecule has 0 saturated heterocycles. The molecule has 3 heteroatoms. The standard InChI is InChI=1S/C17H34O2Si/c1-13(2)14-9-10-17(6,15(14)18)11-12-19-20(7,8)16(3,4)5/h13-14H,9-12H2,1-8H3/t14-,17-/m1/s1. The van der Waals surface area contributed by atoms with Gasteiger partial charge in [0.25, 0.3) is 0 Å². The Morgan fingerprint density at radius 1 is 1.35 bits per heavy atom. The Balaban J connectivity index is 2.57. The molecule has 0 amide bonds. The van der Waals surface area contributed by atoms with Gasteiger partial charge in [0.15, 0.2) is 8.32 Å². The molecule has 2 atom stereocenters. The summed E-state index contributed by atoms with van der Waals surface area (Å²) in [7, 11) is -1.68. The van der Waals surface area contributed by atoms with Crippen molar-refractivity contribution < 1.29 is 9.22 Å². The summed E-state index contributed by atoms with van der Waals surface area (Å²) in [6.07, 6.45) is 2.99. The highest BCUT2D eigenvalue weighted by molar-refractivity contribution is 6.74. The maximum absolute atomic E-state index is 12.6. The molecule has 0 spiro atoms. The maximum Gasteiger partial charge on any atom is 0.191 e. The average molecular weight is 299 g/mol. The third-order valence-electron chi connectivity index (χ3n) is 5.67. The van der Waals surface area contributed by atoms with E-state index in [0.717, 1.165) is 25.9 Å². The molecule has 2 nitrogen and oxygen atoms in total. The van der Waals surface area contributed by atoms with Crippen molar-refractivity contribution in [1.82, 2.24) is 0 Å². The van der Waals surface area contributed by atoms with Crippen molar-refractivity contribution in [2.75, 3.05) is 6.61 Å². The van der Waals surface area contributed by atoms with Gasteiger partial charge in [-0.25, -0.2) is 0 Å². The number of carbonyl (C=O) groups is 1. The summed E-state index contributed by atoms with van der Waals surface area (Å²) in [5.41, 5.74) is -0.142. The number of carbonyl (C=O) groups excluding carboxylic acids is 1. The summed E-state index contributed by atoms with van der Waals surface area (Å²) in [5, 5.41) is 0.244. The van der Waals surface area contributed by atoms with Gasteiger partial charge in [0.1, 0.15) is 5.78 Å². The summed E-state index contributed by atoms with van der Waals surface area (Å²) in [6, 6.07) is 0. The normalized spacial score (nSPS) is 28.4. The van der Waals surface area contributed by atoms with Gasteiger partial charge in [0.05, 0.1) is 0 Å². The fraction of sp³-hybridized carbons (Fsp3) is 0.941. The van der Waals surface area contributed by atoms with Crippen LogP contribution in [0.15, 0.2) is 0 Å². The molecule has 1 saturated carbocycles. The lowest BCUT2D eigenvalue weighted by Gasteiger charge is -2.37. The van der Waals surface area contributed by atoms with Gasteiger partial charge >= 0.3 is 0 Å². The van der Waals surface area contributed by atoms with E-state index in [1.54, 1.807) is 0 Å². The smallest absolute Gasteiger partial charge is 0.191 e. The van der Waals surface area contributed by atoms with Crippen LogP contribution in [0.5, 0.6) is 0 Å². The van der Waals surface area contributed by atoms with E-state index < -0.39 is 8.32 Å². The van der Waals surface area contributed by atoms with Gasteiger partial charge in [-0.05, 0) is 43.3 Å². The number of rotatable bonds is 5. The van der Waals surface area contributed by atoms with Crippen LogP contribution in [0.1, 0.15) is 60.8 Å². The van der Waals surface area contributed by atoms with Crippen molar-refractivity contribution >= 4 is 14.1 Å². The summed E-state index contributed by atoms with van der Waals surface area (Å²) >= 11 is 0. The van der Waals surface area contributed by atoms with Crippen LogP contribution < -0.4 is 0 Å². The lowest BCUT2D eigenvalue weighted by molar-refractivity contribution is -0.129. The number of Topliss-reactive ketones (excluding diaryl/α,β-unsaturated/α-hetero) is 1. The topological polar surface area (TPSA) is 26.3 Å². The fourth-order valence-corrected chi connectivity index (χ4v) is 3.85. The van der Waals surface area contributed by atoms with Gasteiger partial charge in [-0.2, -0.15) is 0 Å². The zero-order chi connectivity index (χ0) is 15.8. The zero-order valence-electron chi connectivity index (χ0n) is 14.8. The highest BCUT2D eigenvalue weighted by Gasteiger charge is 2.45. The van der Waals surface area contributed by atoms with Gasteiger partial charge < -0.3 is 4.43 Å². The zero-order valence-corrected chi connectivity index (χ0v) is 15.8. The van der Waals surface area contributed by atoms with Crippen LogP contribution >= 0.6 is 0 Å². The van der Waals surface area contributed by atoms with Crippen molar-refractivity contribution in [2.45, 2.75) is 78.9 Å². The quantitative estimate of drug-likeness (QED) is 0.665. The molecule has 0 radical (unpaired) electrons. The maximum atomic E-state index is 12.6. The van der Waals surface area contributed by atoms with Crippen LogP contribution in [-0.4, -0.2) is 20.7 Å². The number of hydrogen-bond donors (Lipinski definition) is 0. The minimum Gasteiger partial charge on any atom is -0.417 e. The number of hydrogen-bond acceptors (Lipinski definition) is 2. The van der Waals surface area contributed by atoms with E-state index in [1.807, 2.05) is 0 Å². The monoisotopic (exact) mass is 298 g/mol. The Kier molecular flexibility index (Phi) is 5.30. The Morgan fingerprint density at radius 2 is 1.90 bits per heavy atom. The first-order chi connectivity index (χ1) is 8.91. The molecule has 118 valence electrons. The molecule has 0 heterocycles. The van der Waals surface area contributed by atoms with Crippen molar-refractivity contribution in [1.29, 1.82) is 0 Å². The second-order valence-corrected chi connectivity index (χ2v) is 13.5. The van der Waals surface area contributed by atoms with Gasteiger partial charge in [-0.3, -0.25) is 4.79 Å². The van der Waals surface area contributed by atoms with Crippen molar-refractivity contribution in [3.63, 3.8) is 0 Å². The van der Waals surface area contributed by atoms with Crippen LogP contribution in [0.2, 0.25) is 18.1 Å². The lowest BCUT2D eigenvalue weighted by atomic mass is 9.81. The van der Waals surface area contributed by atoms with Crippen molar-refractivity contribution in [3.8, 4) is 0 Å². The van der Waals surface area contributed by atoms with Gasteiger partial charge in [-0.1, -0.05) is 41.5 Å². The van der Waals surface area contributed by atoms with Crippen LogP contribution in [0.25, 0.3) is 0 Å². The molecule has 0 aromatic carbocycles. The Labute approximate surface area is 126 Å². The average Bonchev–Trinajstić information content (AvgIpc) is 2.54. The Bertz CT molecular complexity index is 354. The Morgan fingerprint density at radius 3 is 2.30 bits per heavy atom. The first-order valence-electron chi connectivity index (χ1n) is 8.09. The van der Waals surface area contributed by atoms with Gasteiger partial charge in [0, 0.05) is 17.9 Å². The van der Waals surface area contributed by atoms with Crippen LogP contribution in [-0.2, 0) is 9.22 Å². The molecule has 0 aromatic rings. The summed E-state index contributed by atoms with van der Waals surface area (Å²) in [5.74, 6) is 1.23. The van der Waals surface area contributed by atoms with Gasteiger partial charge in [-0.15, -0.1) is 0 Å². The highest BCUT2D eigenvalue weighted by atomic mass is 28.4. The first-order valence-corrected chi connectivity index (χ1v) is 11.0. The Hall–Kier alpha value is -0.153. The third kappa shape index (κ3) is 3.73. The molecule has 0 N–H and O–H groups in total. The second-order valence-electron chi connectivity index (χ2n) is 8.67. The summed E-state index contributed by atoms with van der Waals surface area (Å²) in [4.78, 5) is 12.6. The van der Waals surface area contributed by atoms with E-state index in [-0.39, 0.29) is 16.4 Å². The van der Waals surface area contributed by atoms with Crippen molar-refractivity contribution in [2.24, 2.45) is 17.3 Å². The van der Waals surface area contributed by atoms with Gasteiger partial charge in [0.2, 0.25) is 0 Å². The minimum absolute atomic E-state index is 0.142. The van der Waals surface area contributed by atoms with E-state index in [4.69, 9.17) is 4.43 Å². The van der Waals surface area contributed by atoms with E-state index in [9.17, 15) is 4.79 Å².